The molecule has 0 aromatic heterocycles. The lowest BCUT2D eigenvalue weighted by molar-refractivity contribution is -0.114. The first-order valence-corrected chi connectivity index (χ1v) is 8.94. The van der Waals surface area contributed by atoms with E-state index in [-0.39, 0.29) is 27.9 Å². The van der Waals surface area contributed by atoms with Crippen molar-refractivity contribution in [3.8, 4) is 11.5 Å². The van der Waals surface area contributed by atoms with Crippen LogP contribution >= 0.6 is 11.6 Å². The molecule has 2 aromatic rings. The van der Waals surface area contributed by atoms with E-state index in [9.17, 15) is 17.6 Å². The summed E-state index contributed by atoms with van der Waals surface area (Å²) in [6, 6.07) is 8.49. The standard InChI is InChI=1S/C15H14ClFN2O4S/c1-9(20)18-13-8-15(10(16)7-11(13)17)23-14-6-4-3-5-12(14)19-24(2,21)22/h3-8,19H,1-2H3,(H,18,20). The molecule has 0 spiro atoms. The largest absolute Gasteiger partial charge is 0.454 e. The summed E-state index contributed by atoms with van der Waals surface area (Å²) >= 11 is 5.96. The van der Waals surface area contributed by atoms with E-state index >= 15 is 0 Å². The summed E-state index contributed by atoms with van der Waals surface area (Å²) in [4.78, 5) is 11.1. The van der Waals surface area contributed by atoms with Crippen LogP contribution in [-0.2, 0) is 14.8 Å². The van der Waals surface area contributed by atoms with Crippen LogP contribution < -0.4 is 14.8 Å². The van der Waals surface area contributed by atoms with Crippen LogP contribution in [0.1, 0.15) is 6.92 Å². The number of sulfonamides is 1. The molecule has 6 nitrogen and oxygen atoms in total. The van der Waals surface area contributed by atoms with Gasteiger partial charge in [0, 0.05) is 13.0 Å². The molecule has 9 heteroatoms. The number of hydrogen-bond donors (Lipinski definition) is 2. The van der Waals surface area contributed by atoms with Crippen molar-refractivity contribution in [2.75, 3.05) is 16.3 Å². The number of rotatable bonds is 5. The van der Waals surface area contributed by atoms with Gasteiger partial charge in [0.25, 0.3) is 0 Å². The molecule has 0 bridgehead atoms. The number of carbonyl (C=O) groups is 1. The van der Waals surface area contributed by atoms with Crippen LogP contribution in [0, 0.1) is 5.82 Å². The third kappa shape index (κ3) is 4.84. The average Bonchev–Trinajstić information content (AvgIpc) is 2.44. The molecule has 0 aliphatic rings. The highest BCUT2D eigenvalue weighted by Crippen LogP contribution is 2.36. The Bertz CT molecular complexity index is 887. The summed E-state index contributed by atoms with van der Waals surface area (Å²) in [6.07, 6.45) is 1.00. The molecule has 0 aliphatic heterocycles. The number of carbonyl (C=O) groups excluding carboxylic acids is 1. The number of amides is 1. The molecule has 0 saturated carbocycles. The molecule has 0 unspecified atom stereocenters. The highest BCUT2D eigenvalue weighted by atomic mass is 35.5. The minimum atomic E-state index is -3.51. The van der Waals surface area contributed by atoms with Gasteiger partial charge in [-0.3, -0.25) is 9.52 Å². The van der Waals surface area contributed by atoms with Crippen LogP contribution in [0.3, 0.4) is 0 Å². The van der Waals surface area contributed by atoms with Gasteiger partial charge in [-0.25, -0.2) is 12.8 Å². The third-order valence-corrected chi connectivity index (χ3v) is 3.62. The van der Waals surface area contributed by atoms with Crippen molar-refractivity contribution in [2.45, 2.75) is 6.92 Å². The molecule has 1 amide bonds. The number of halogens is 2. The molecule has 0 radical (unpaired) electrons. The minimum Gasteiger partial charge on any atom is -0.454 e. The van der Waals surface area contributed by atoms with Gasteiger partial charge in [0.05, 0.1) is 22.7 Å². The second kappa shape index (κ2) is 7.06. The average molecular weight is 373 g/mol. The Hall–Kier alpha value is -2.32. The number of benzene rings is 2. The predicted octanol–water partition coefficient (Wildman–Crippen LogP) is 3.60. The topological polar surface area (TPSA) is 84.5 Å². The third-order valence-electron chi connectivity index (χ3n) is 2.73. The molecule has 0 atom stereocenters. The number of anilines is 2. The van der Waals surface area contributed by atoms with Gasteiger partial charge < -0.3 is 10.1 Å². The molecule has 24 heavy (non-hydrogen) atoms. The lowest BCUT2D eigenvalue weighted by Crippen LogP contribution is -2.10. The van der Waals surface area contributed by atoms with Gasteiger partial charge in [-0.2, -0.15) is 0 Å². The van der Waals surface area contributed by atoms with Crippen molar-refractivity contribution in [1.29, 1.82) is 0 Å². The Kier molecular flexibility index (Phi) is 5.30. The van der Waals surface area contributed by atoms with Gasteiger partial charge in [0.15, 0.2) is 5.75 Å². The highest BCUT2D eigenvalue weighted by molar-refractivity contribution is 7.92. The summed E-state index contributed by atoms with van der Waals surface area (Å²) in [5.41, 5.74) is 0.0944. The van der Waals surface area contributed by atoms with Gasteiger partial charge in [0.1, 0.15) is 11.6 Å². The van der Waals surface area contributed by atoms with Crippen molar-refractivity contribution < 1.29 is 22.3 Å². The first-order chi connectivity index (χ1) is 11.2. The summed E-state index contributed by atoms with van der Waals surface area (Å²) in [7, 11) is -3.51. The monoisotopic (exact) mass is 372 g/mol. The zero-order valence-electron chi connectivity index (χ0n) is 12.8. The zero-order valence-corrected chi connectivity index (χ0v) is 14.3. The van der Waals surface area contributed by atoms with Crippen LogP contribution in [0.15, 0.2) is 36.4 Å². The van der Waals surface area contributed by atoms with Crippen LogP contribution in [0.25, 0.3) is 0 Å². The maximum Gasteiger partial charge on any atom is 0.229 e. The van der Waals surface area contributed by atoms with Gasteiger partial charge in [0.2, 0.25) is 15.9 Å². The van der Waals surface area contributed by atoms with Crippen LogP contribution in [-0.4, -0.2) is 20.6 Å². The predicted molar refractivity (Wildman–Crippen MR) is 90.7 cm³/mol. The quantitative estimate of drug-likeness (QED) is 0.839. The maximum absolute atomic E-state index is 13.8. The minimum absolute atomic E-state index is 0.0317. The van der Waals surface area contributed by atoms with Crippen LogP contribution in [0.4, 0.5) is 15.8 Å². The fourth-order valence-corrected chi connectivity index (χ4v) is 2.61. The van der Waals surface area contributed by atoms with E-state index in [0.29, 0.717) is 0 Å². The molecule has 0 saturated heterocycles. The Morgan fingerprint density at radius 1 is 1.17 bits per heavy atom. The van der Waals surface area contributed by atoms with E-state index in [1.54, 1.807) is 12.1 Å². The number of nitrogens with one attached hydrogen (secondary N) is 2. The Balaban J connectivity index is 2.40. The van der Waals surface area contributed by atoms with Crippen LogP contribution in [0.2, 0.25) is 5.02 Å². The zero-order chi connectivity index (χ0) is 17.9. The molecule has 2 N–H and O–H groups in total. The Morgan fingerprint density at radius 2 is 1.83 bits per heavy atom. The fraction of sp³-hybridized carbons (Fsp3) is 0.133. The van der Waals surface area contributed by atoms with Crippen molar-refractivity contribution in [3.05, 3.63) is 47.2 Å². The fourth-order valence-electron chi connectivity index (χ4n) is 1.85. The normalized spacial score (nSPS) is 11.0. The summed E-state index contributed by atoms with van der Waals surface area (Å²) in [5.74, 6) is -0.943. The molecular weight excluding hydrogens is 359 g/mol. The summed E-state index contributed by atoms with van der Waals surface area (Å²) in [6.45, 7) is 1.24. The lowest BCUT2D eigenvalue weighted by Gasteiger charge is -2.14. The number of hydrogen-bond acceptors (Lipinski definition) is 4. The molecule has 2 aromatic carbocycles. The Labute approximate surface area is 143 Å². The molecule has 0 heterocycles. The molecule has 0 aliphatic carbocycles. The molecule has 2 rings (SSSR count). The smallest absolute Gasteiger partial charge is 0.229 e. The van der Waals surface area contributed by atoms with E-state index in [4.69, 9.17) is 16.3 Å². The Morgan fingerprint density at radius 3 is 2.46 bits per heavy atom. The van der Waals surface area contributed by atoms with E-state index in [0.717, 1.165) is 12.3 Å². The van der Waals surface area contributed by atoms with E-state index in [1.807, 2.05) is 0 Å². The molecular formula is C15H14ClFN2O4S. The maximum atomic E-state index is 13.8. The van der Waals surface area contributed by atoms with Crippen molar-refractivity contribution in [3.63, 3.8) is 0 Å². The van der Waals surface area contributed by atoms with Crippen molar-refractivity contribution in [1.82, 2.24) is 0 Å². The number of para-hydroxylation sites is 2. The first-order valence-electron chi connectivity index (χ1n) is 6.67. The van der Waals surface area contributed by atoms with Gasteiger partial charge in [-0.15, -0.1) is 0 Å². The second-order valence-electron chi connectivity index (χ2n) is 4.92. The molecule has 128 valence electrons. The van der Waals surface area contributed by atoms with E-state index in [2.05, 4.69) is 10.0 Å². The van der Waals surface area contributed by atoms with E-state index < -0.39 is 21.7 Å². The van der Waals surface area contributed by atoms with Gasteiger partial charge in [-0.1, -0.05) is 23.7 Å². The SMILES string of the molecule is CC(=O)Nc1cc(Oc2ccccc2NS(C)(=O)=O)c(Cl)cc1F. The van der Waals surface area contributed by atoms with Crippen molar-refractivity contribution >= 4 is 38.9 Å². The van der Waals surface area contributed by atoms with Crippen molar-refractivity contribution in [2.24, 2.45) is 0 Å². The lowest BCUT2D eigenvalue weighted by atomic mass is 10.2. The summed E-state index contributed by atoms with van der Waals surface area (Å²) in [5, 5.41) is 2.28. The van der Waals surface area contributed by atoms with E-state index in [1.165, 1.54) is 25.1 Å². The van der Waals surface area contributed by atoms with Gasteiger partial charge >= 0.3 is 0 Å². The van der Waals surface area contributed by atoms with Gasteiger partial charge in [-0.05, 0) is 18.2 Å². The number of ether oxygens (including phenoxy) is 1. The highest BCUT2D eigenvalue weighted by Gasteiger charge is 2.14. The second-order valence-corrected chi connectivity index (χ2v) is 7.07. The molecule has 0 fully saturated rings. The first kappa shape index (κ1) is 18.0. The summed E-state index contributed by atoms with van der Waals surface area (Å²) < 4.78 is 44.5. The van der Waals surface area contributed by atoms with Crippen LogP contribution in [0.5, 0.6) is 11.5 Å².